The van der Waals surface area contributed by atoms with E-state index in [1.54, 1.807) is 6.07 Å². The Morgan fingerprint density at radius 3 is 2.93 bits per heavy atom. The van der Waals surface area contributed by atoms with Gasteiger partial charge in [0.05, 0.1) is 0 Å². The smallest absolute Gasteiger partial charge is 0.404 e. The Labute approximate surface area is 87.7 Å². The molecule has 1 unspecified atom stereocenters. The van der Waals surface area contributed by atoms with Crippen LogP contribution >= 0.6 is 11.6 Å². The van der Waals surface area contributed by atoms with Crippen LogP contribution in [0.4, 0.5) is 4.79 Å². The Kier molecular flexibility index (Phi) is 3.77. The number of carboxylic acid groups (broad SMARTS) is 1. The Balaban J connectivity index is 2.60. The number of hydrogen-bond acceptors (Lipinski definition) is 1. The first-order valence-electron chi connectivity index (χ1n) is 4.32. The van der Waals surface area contributed by atoms with Crippen molar-refractivity contribution in [1.29, 1.82) is 0 Å². The summed E-state index contributed by atoms with van der Waals surface area (Å²) in [6.07, 6.45) is -1.00. The lowest BCUT2D eigenvalue weighted by Gasteiger charge is -2.11. The fourth-order valence-corrected chi connectivity index (χ4v) is 1.37. The summed E-state index contributed by atoms with van der Waals surface area (Å²) in [4.78, 5) is 10.3. The van der Waals surface area contributed by atoms with Crippen molar-refractivity contribution >= 4 is 17.7 Å². The summed E-state index contributed by atoms with van der Waals surface area (Å²) in [5.74, 6) is 0.129. The van der Waals surface area contributed by atoms with Crippen molar-refractivity contribution in [3.8, 4) is 0 Å². The lowest BCUT2D eigenvalue weighted by Crippen LogP contribution is -2.25. The number of rotatable bonds is 3. The van der Waals surface area contributed by atoms with E-state index < -0.39 is 6.09 Å². The Morgan fingerprint density at radius 1 is 1.64 bits per heavy atom. The first-order valence-corrected chi connectivity index (χ1v) is 4.69. The van der Waals surface area contributed by atoms with E-state index in [0.29, 0.717) is 11.6 Å². The highest BCUT2D eigenvalue weighted by Crippen LogP contribution is 2.18. The van der Waals surface area contributed by atoms with Gasteiger partial charge in [0.25, 0.3) is 0 Å². The van der Waals surface area contributed by atoms with Crippen LogP contribution in [0.5, 0.6) is 0 Å². The molecule has 0 aliphatic rings. The maximum Gasteiger partial charge on any atom is 0.404 e. The molecular weight excluding hydrogens is 202 g/mol. The highest BCUT2D eigenvalue weighted by Gasteiger charge is 2.06. The van der Waals surface area contributed by atoms with Crippen LogP contribution in [0, 0.1) is 0 Å². The molecule has 2 N–H and O–H groups in total. The van der Waals surface area contributed by atoms with Crippen LogP contribution in [0.25, 0.3) is 0 Å². The van der Waals surface area contributed by atoms with Gasteiger partial charge < -0.3 is 10.4 Å². The molecule has 76 valence electrons. The zero-order valence-electron chi connectivity index (χ0n) is 7.83. The largest absolute Gasteiger partial charge is 0.465 e. The fourth-order valence-electron chi connectivity index (χ4n) is 1.17. The molecule has 1 atom stereocenters. The van der Waals surface area contributed by atoms with Gasteiger partial charge in [-0.25, -0.2) is 4.79 Å². The average molecular weight is 214 g/mol. The predicted molar refractivity (Wildman–Crippen MR) is 55.9 cm³/mol. The van der Waals surface area contributed by atoms with Gasteiger partial charge in [-0.2, -0.15) is 0 Å². The molecule has 14 heavy (non-hydrogen) atoms. The van der Waals surface area contributed by atoms with Gasteiger partial charge in [-0.3, -0.25) is 0 Å². The lowest BCUT2D eigenvalue weighted by molar-refractivity contribution is 0.194. The molecule has 1 aromatic rings. The summed E-state index contributed by atoms with van der Waals surface area (Å²) in [5, 5.41) is 11.4. The van der Waals surface area contributed by atoms with Crippen LogP contribution in [0.2, 0.25) is 5.02 Å². The van der Waals surface area contributed by atoms with Gasteiger partial charge in [-0.05, 0) is 23.6 Å². The summed E-state index contributed by atoms with van der Waals surface area (Å²) < 4.78 is 0. The number of hydrogen-bond donors (Lipinski definition) is 2. The predicted octanol–water partition coefficient (Wildman–Crippen LogP) is 2.71. The first kappa shape index (κ1) is 10.9. The summed E-state index contributed by atoms with van der Waals surface area (Å²) >= 11 is 5.81. The van der Waals surface area contributed by atoms with Gasteiger partial charge in [-0.1, -0.05) is 30.7 Å². The SMILES string of the molecule is CC(CNC(=O)O)c1cccc(Cl)c1. The maximum absolute atomic E-state index is 10.3. The average Bonchev–Trinajstić information content (AvgIpc) is 2.14. The molecule has 0 radical (unpaired) electrons. The van der Waals surface area contributed by atoms with E-state index in [2.05, 4.69) is 5.32 Å². The van der Waals surface area contributed by atoms with Crippen molar-refractivity contribution in [3.05, 3.63) is 34.9 Å². The van der Waals surface area contributed by atoms with E-state index in [-0.39, 0.29) is 5.92 Å². The second-order valence-electron chi connectivity index (χ2n) is 3.14. The molecule has 0 saturated heterocycles. The molecule has 1 rings (SSSR count). The molecule has 1 amide bonds. The van der Waals surface area contributed by atoms with E-state index in [9.17, 15) is 4.79 Å². The third-order valence-corrected chi connectivity index (χ3v) is 2.21. The first-order chi connectivity index (χ1) is 6.59. The van der Waals surface area contributed by atoms with Crippen molar-refractivity contribution in [2.45, 2.75) is 12.8 Å². The quantitative estimate of drug-likeness (QED) is 0.811. The van der Waals surface area contributed by atoms with Crippen molar-refractivity contribution < 1.29 is 9.90 Å². The molecule has 1 aromatic carbocycles. The standard InChI is InChI=1S/C10H12ClNO2/c1-7(6-12-10(13)14)8-3-2-4-9(11)5-8/h2-5,7,12H,6H2,1H3,(H,13,14). The van der Waals surface area contributed by atoms with Crippen molar-refractivity contribution in [1.82, 2.24) is 5.32 Å². The summed E-state index contributed by atoms with van der Waals surface area (Å²) in [6.45, 7) is 2.34. The molecule has 0 fully saturated rings. The van der Waals surface area contributed by atoms with Crippen LogP contribution in [-0.4, -0.2) is 17.7 Å². The van der Waals surface area contributed by atoms with Crippen LogP contribution < -0.4 is 5.32 Å². The number of nitrogens with one attached hydrogen (secondary N) is 1. The molecule has 0 aromatic heterocycles. The van der Waals surface area contributed by atoms with Gasteiger partial charge in [0.15, 0.2) is 0 Å². The van der Waals surface area contributed by atoms with Crippen molar-refractivity contribution in [3.63, 3.8) is 0 Å². The normalized spacial score (nSPS) is 12.1. The number of halogens is 1. The van der Waals surface area contributed by atoms with Crippen molar-refractivity contribution in [2.24, 2.45) is 0 Å². The van der Waals surface area contributed by atoms with Crippen LogP contribution in [0.3, 0.4) is 0 Å². The third kappa shape index (κ3) is 3.26. The van der Waals surface area contributed by atoms with Gasteiger partial charge in [-0.15, -0.1) is 0 Å². The molecule has 3 nitrogen and oxygen atoms in total. The maximum atomic E-state index is 10.3. The second kappa shape index (κ2) is 4.86. The fraction of sp³-hybridized carbons (Fsp3) is 0.300. The van der Waals surface area contributed by atoms with E-state index in [4.69, 9.17) is 16.7 Å². The Hall–Kier alpha value is -1.22. The number of carbonyl (C=O) groups is 1. The second-order valence-corrected chi connectivity index (χ2v) is 3.58. The zero-order chi connectivity index (χ0) is 10.6. The molecule has 4 heteroatoms. The Bertz CT molecular complexity index is 328. The third-order valence-electron chi connectivity index (χ3n) is 1.98. The van der Waals surface area contributed by atoms with Gasteiger partial charge in [0.1, 0.15) is 0 Å². The van der Waals surface area contributed by atoms with Crippen LogP contribution in [0.15, 0.2) is 24.3 Å². The van der Waals surface area contributed by atoms with E-state index in [0.717, 1.165) is 5.56 Å². The molecule has 0 bridgehead atoms. The number of benzene rings is 1. The number of amides is 1. The summed E-state index contributed by atoms with van der Waals surface area (Å²) in [5.41, 5.74) is 1.03. The van der Waals surface area contributed by atoms with Crippen LogP contribution in [0.1, 0.15) is 18.4 Å². The summed E-state index contributed by atoms with van der Waals surface area (Å²) in [7, 11) is 0. The van der Waals surface area contributed by atoms with Gasteiger partial charge >= 0.3 is 6.09 Å². The summed E-state index contributed by atoms with van der Waals surface area (Å²) in [6, 6.07) is 7.42. The van der Waals surface area contributed by atoms with E-state index >= 15 is 0 Å². The minimum atomic E-state index is -1.00. The molecule has 0 saturated carbocycles. The molecule has 0 aliphatic heterocycles. The van der Waals surface area contributed by atoms with Crippen molar-refractivity contribution in [2.75, 3.05) is 6.54 Å². The zero-order valence-corrected chi connectivity index (χ0v) is 8.58. The monoisotopic (exact) mass is 213 g/mol. The molecule has 0 heterocycles. The molecule has 0 aliphatic carbocycles. The minimum absolute atomic E-state index is 0.129. The lowest BCUT2D eigenvalue weighted by atomic mass is 10.0. The highest BCUT2D eigenvalue weighted by molar-refractivity contribution is 6.30. The van der Waals surface area contributed by atoms with E-state index in [1.807, 2.05) is 25.1 Å². The highest BCUT2D eigenvalue weighted by atomic mass is 35.5. The Morgan fingerprint density at radius 2 is 2.36 bits per heavy atom. The van der Waals surface area contributed by atoms with Gasteiger partial charge in [0.2, 0.25) is 0 Å². The molecule has 0 spiro atoms. The minimum Gasteiger partial charge on any atom is -0.465 e. The topological polar surface area (TPSA) is 49.3 Å². The van der Waals surface area contributed by atoms with E-state index in [1.165, 1.54) is 0 Å². The molecular formula is C10H12ClNO2. The van der Waals surface area contributed by atoms with Gasteiger partial charge in [0, 0.05) is 11.6 Å². The van der Waals surface area contributed by atoms with Crippen LogP contribution in [-0.2, 0) is 0 Å².